The summed E-state index contributed by atoms with van der Waals surface area (Å²) >= 11 is 0. The highest BCUT2D eigenvalue weighted by molar-refractivity contribution is 6.06. The van der Waals surface area contributed by atoms with Crippen LogP contribution in [0.5, 0.6) is 0 Å². The summed E-state index contributed by atoms with van der Waals surface area (Å²) in [6, 6.07) is 6.85. The summed E-state index contributed by atoms with van der Waals surface area (Å²) in [7, 11) is 1.57. The Hall–Kier alpha value is -2.14. The van der Waals surface area contributed by atoms with Crippen LogP contribution in [0.1, 0.15) is 17.3 Å². The van der Waals surface area contributed by atoms with Crippen LogP contribution in [0.3, 0.4) is 0 Å². The summed E-state index contributed by atoms with van der Waals surface area (Å²) in [5, 5.41) is 5.38. The number of benzene rings is 1. The summed E-state index contributed by atoms with van der Waals surface area (Å²) in [5.41, 5.74) is 0.914. The molecule has 2 amide bonds. The van der Waals surface area contributed by atoms with Crippen molar-refractivity contribution in [2.75, 3.05) is 25.6 Å². The van der Waals surface area contributed by atoms with Crippen molar-refractivity contribution in [2.45, 2.75) is 6.92 Å². The van der Waals surface area contributed by atoms with E-state index < -0.39 is 0 Å². The molecule has 0 spiro atoms. The highest BCUT2D eigenvalue weighted by atomic mass is 16.5. The molecule has 0 bridgehead atoms. The van der Waals surface area contributed by atoms with Gasteiger partial charge in [0.1, 0.15) is 0 Å². The number of amides is 2. The van der Waals surface area contributed by atoms with Gasteiger partial charge in [0.05, 0.1) is 17.9 Å². The maximum atomic E-state index is 11.9. The number of carbonyl (C=O) groups is 2. The van der Waals surface area contributed by atoms with Gasteiger partial charge in [0.25, 0.3) is 5.91 Å². The van der Waals surface area contributed by atoms with Gasteiger partial charge in [-0.15, -0.1) is 0 Å². The van der Waals surface area contributed by atoms with Crippen molar-refractivity contribution < 1.29 is 14.3 Å². The van der Waals surface area contributed by atoms with Crippen LogP contribution in [0, 0.1) is 0 Å². The van der Waals surface area contributed by atoms with Crippen molar-refractivity contribution in [2.24, 2.45) is 0 Å². The number of carbonyl (C=O) groups excluding carboxylic acids is 2. The summed E-state index contributed by atoms with van der Waals surface area (Å²) in [5.74, 6) is -0.506. The van der Waals surface area contributed by atoms with E-state index in [9.17, 15) is 9.59 Å². The van der Waals surface area contributed by atoms with Crippen LogP contribution < -0.4 is 10.6 Å². The van der Waals surface area contributed by atoms with E-state index in [0.717, 1.165) is 0 Å². The van der Waals surface area contributed by atoms with E-state index in [1.165, 1.54) is 6.08 Å². The lowest BCUT2D eigenvalue weighted by molar-refractivity contribution is -0.111. The standard InChI is InChI=1S/C14H18N2O3/c1-3-6-13(17)16-12-8-5-4-7-11(12)14(18)15-9-10-19-2/h3-8H,9-10H2,1-2H3,(H,15,18)(H,16,17). The molecule has 5 nitrogen and oxygen atoms in total. The number of hydrogen-bond donors (Lipinski definition) is 2. The van der Waals surface area contributed by atoms with Gasteiger partial charge in [-0.05, 0) is 25.1 Å². The lowest BCUT2D eigenvalue weighted by Crippen LogP contribution is -2.28. The van der Waals surface area contributed by atoms with Crippen molar-refractivity contribution in [3.05, 3.63) is 42.0 Å². The first-order valence-corrected chi connectivity index (χ1v) is 5.99. The molecule has 0 fully saturated rings. The van der Waals surface area contributed by atoms with Gasteiger partial charge in [-0.1, -0.05) is 18.2 Å². The lowest BCUT2D eigenvalue weighted by atomic mass is 10.1. The number of para-hydroxylation sites is 1. The maximum Gasteiger partial charge on any atom is 0.253 e. The summed E-state index contributed by atoms with van der Waals surface area (Å²) in [6.45, 7) is 2.62. The van der Waals surface area contributed by atoms with Crippen molar-refractivity contribution >= 4 is 17.5 Å². The van der Waals surface area contributed by atoms with Gasteiger partial charge in [0.2, 0.25) is 5.91 Å². The van der Waals surface area contributed by atoms with Crippen molar-refractivity contribution in [3.63, 3.8) is 0 Å². The Morgan fingerprint density at radius 2 is 2.05 bits per heavy atom. The fraction of sp³-hybridized carbons (Fsp3) is 0.286. The molecule has 5 heteroatoms. The number of hydrogen-bond acceptors (Lipinski definition) is 3. The minimum Gasteiger partial charge on any atom is -0.383 e. The number of anilines is 1. The number of rotatable bonds is 6. The first kappa shape index (κ1) is 14.9. The highest BCUT2D eigenvalue weighted by Crippen LogP contribution is 2.14. The molecule has 0 heterocycles. The van der Waals surface area contributed by atoms with Gasteiger partial charge in [-0.2, -0.15) is 0 Å². The second-order valence-corrected chi connectivity index (χ2v) is 3.78. The second kappa shape index (κ2) is 8.05. The van der Waals surface area contributed by atoms with E-state index in [0.29, 0.717) is 24.4 Å². The predicted molar refractivity (Wildman–Crippen MR) is 74.1 cm³/mol. The zero-order chi connectivity index (χ0) is 14.1. The molecule has 1 rings (SSSR count). The van der Waals surface area contributed by atoms with E-state index in [1.54, 1.807) is 44.4 Å². The second-order valence-electron chi connectivity index (χ2n) is 3.78. The molecular weight excluding hydrogens is 244 g/mol. The molecule has 19 heavy (non-hydrogen) atoms. The van der Waals surface area contributed by atoms with Gasteiger partial charge in [0, 0.05) is 13.7 Å². The Morgan fingerprint density at radius 1 is 1.32 bits per heavy atom. The van der Waals surface area contributed by atoms with E-state index in [-0.39, 0.29) is 11.8 Å². The van der Waals surface area contributed by atoms with Crippen LogP contribution in [-0.4, -0.2) is 32.1 Å². The molecule has 102 valence electrons. The van der Waals surface area contributed by atoms with Crippen LogP contribution in [0.15, 0.2) is 36.4 Å². The van der Waals surface area contributed by atoms with Gasteiger partial charge in [-0.3, -0.25) is 9.59 Å². The number of nitrogens with one attached hydrogen (secondary N) is 2. The molecule has 0 aromatic heterocycles. The van der Waals surface area contributed by atoms with E-state index >= 15 is 0 Å². The number of methoxy groups -OCH3 is 1. The maximum absolute atomic E-state index is 11.9. The van der Waals surface area contributed by atoms with Gasteiger partial charge >= 0.3 is 0 Å². The molecule has 0 saturated heterocycles. The lowest BCUT2D eigenvalue weighted by Gasteiger charge is -2.10. The van der Waals surface area contributed by atoms with Gasteiger partial charge in [0.15, 0.2) is 0 Å². The normalized spacial score (nSPS) is 10.4. The monoisotopic (exact) mass is 262 g/mol. The van der Waals surface area contributed by atoms with Crippen molar-refractivity contribution in [3.8, 4) is 0 Å². The molecule has 0 atom stereocenters. The Kier molecular flexibility index (Phi) is 6.32. The minimum absolute atomic E-state index is 0.242. The molecule has 0 radical (unpaired) electrons. The average molecular weight is 262 g/mol. The number of ether oxygens (including phenoxy) is 1. The molecular formula is C14H18N2O3. The first-order chi connectivity index (χ1) is 9.19. The minimum atomic E-state index is -0.264. The molecule has 2 N–H and O–H groups in total. The van der Waals surface area contributed by atoms with Gasteiger partial charge < -0.3 is 15.4 Å². The quantitative estimate of drug-likeness (QED) is 0.604. The zero-order valence-electron chi connectivity index (χ0n) is 11.1. The van der Waals surface area contributed by atoms with Crippen LogP contribution in [-0.2, 0) is 9.53 Å². The van der Waals surface area contributed by atoms with Gasteiger partial charge in [-0.25, -0.2) is 0 Å². The van der Waals surface area contributed by atoms with E-state index in [2.05, 4.69) is 10.6 Å². The number of allylic oxidation sites excluding steroid dienone is 1. The molecule has 0 aliphatic carbocycles. The third-order valence-electron chi connectivity index (χ3n) is 2.34. The topological polar surface area (TPSA) is 67.4 Å². The smallest absolute Gasteiger partial charge is 0.253 e. The molecule has 0 saturated carbocycles. The average Bonchev–Trinajstić information content (AvgIpc) is 2.39. The SMILES string of the molecule is CC=CC(=O)Nc1ccccc1C(=O)NCCOC. The summed E-state index contributed by atoms with van der Waals surface area (Å²) < 4.78 is 4.86. The first-order valence-electron chi connectivity index (χ1n) is 5.99. The molecule has 0 aliphatic rings. The third kappa shape index (κ3) is 4.93. The fourth-order valence-corrected chi connectivity index (χ4v) is 1.48. The van der Waals surface area contributed by atoms with E-state index in [1.807, 2.05) is 0 Å². The zero-order valence-corrected chi connectivity index (χ0v) is 11.1. The Morgan fingerprint density at radius 3 is 2.74 bits per heavy atom. The predicted octanol–water partition coefficient (Wildman–Crippen LogP) is 1.58. The Labute approximate surface area is 112 Å². The molecule has 0 unspecified atom stereocenters. The largest absolute Gasteiger partial charge is 0.383 e. The summed E-state index contributed by atoms with van der Waals surface area (Å²) in [6.07, 6.45) is 3.04. The molecule has 1 aromatic carbocycles. The molecule has 0 aliphatic heterocycles. The van der Waals surface area contributed by atoms with Crippen LogP contribution in [0.4, 0.5) is 5.69 Å². The molecule has 1 aromatic rings. The fourth-order valence-electron chi connectivity index (χ4n) is 1.48. The van der Waals surface area contributed by atoms with E-state index in [4.69, 9.17) is 4.74 Å². The van der Waals surface area contributed by atoms with Crippen molar-refractivity contribution in [1.29, 1.82) is 0 Å². The van der Waals surface area contributed by atoms with Crippen LogP contribution in [0.2, 0.25) is 0 Å². The highest BCUT2D eigenvalue weighted by Gasteiger charge is 2.11. The summed E-state index contributed by atoms with van der Waals surface area (Å²) in [4.78, 5) is 23.4. The van der Waals surface area contributed by atoms with Crippen LogP contribution in [0.25, 0.3) is 0 Å². The Balaban J connectivity index is 2.77. The third-order valence-corrected chi connectivity index (χ3v) is 2.34. The van der Waals surface area contributed by atoms with Crippen molar-refractivity contribution in [1.82, 2.24) is 5.32 Å². The van der Waals surface area contributed by atoms with Crippen LogP contribution >= 0.6 is 0 Å². The Bertz CT molecular complexity index is 470.